The van der Waals surface area contributed by atoms with Crippen LogP contribution in [0.15, 0.2) is 0 Å². The molecule has 0 aliphatic rings. The zero-order valence-corrected chi connectivity index (χ0v) is 48.1. The Hall–Kier alpha value is -1.30. The molecule has 10 nitrogen and oxygen atoms in total. The molecular weight excluding hydrogens is 889 g/mol. The molecule has 0 saturated carbocycles. The molecule has 0 spiro atoms. The zero-order valence-electron chi connectivity index (χ0n) is 48.1. The van der Waals surface area contributed by atoms with E-state index in [2.05, 4.69) is 37.5 Å². The van der Waals surface area contributed by atoms with Crippen LogP contribution in [-0.2, 0) is 19.1 Å². The van der Waals surface area contributed by atoms with Gasteiger partial charge in [-0.1, -0.05) is 247 Å². The summed E-state index contributed by atoms with van der Waals surface area (Å²) in [6.45, 7) is 16.5. The molecule has 4 N–H and O–H groups in total. The maximum atomic E-state index is 13.0. The summed E-state index contributed by atoms with van der Waals surface area (Å²) in [4.78, 5) is 30.3. The SMILES string of the molecule is CCCCCCCCCCC(O)CN(CCCOC(=O)CC(C)(C)CC(=O)OCCCN(CC(O)CCCCCCCCCC)CC(O)CCCCCCCCCC)CC(O)CCCCCCCCCC. The first-order valence-electron chi connectivity index (χ1n) is 30.8. The van der Waals surface area contributed by atoms with Crippen molar-refractivity contribution in [3.05, 3.63) is 0 Å². The standard InChI is InChI=1S/C61H122N2O8/c1-7-11-15-19-23-27-31-35-41-55(64)51-62(52-56(65)42-36-32-28-24-20-16-12-8-2)45-39-47-70-59(68)49-61(5,6)50-60(69)71-48-40-46-63(53-57(66)43-37-33-29-25-21-17-13-9-3)54-58(67)44-38-34-30-26-22-18-14-10-4/h55-58,64-67H,7-54H2,1-6H3. The van der Waals surface area contributed by atoms with E-state index in [0.717, 1.165) is 77.0 Å². The van der Waals surface area contributed by atoms with E-state index in [1.807, 2.05) is 13.8 Å². The molecule has 0 fully saturated rings. The fraction of sp³-hybridized carbons (Fsp3) is 0.967. The van der Waals surface area contributed by atoms with Crippen LogP contribution in [-0.4, -0.2) is 119 Å². The van der Waals surface area contributed by atoms with Gasteiger partial charge in [-0.3, -0.25) is 19.4 Å². The molecule has 0 aromatic rings. The Morgan fingerprint density at radius 3 is 0.789 bits per heavy atom. The van der Waals surface area contributed by atoms with Crippen molar-refractivity contribution in [1.82, 2.24) is 9.80 Å². The Bertz CT molecular complexity index is 1000. The van der Waals surface area contributed by atoms with E-state index >= 15 is 0 Å². The molecule has 0 radical (unpaired) electrons. The minimum Gasteiger partial charge on any atom is -0.466 e. The number of aliphatic hydroxyl groups excluding tert-OH is 4. The Balaban J connectivity index is 4.94. The van der Waals surface area contributed by atoms with Gasteiger partial charge in [0.05, 0.1) is 50.5 Å². The van der Waals surface area contributed by atoms with Crippen LogP contribution in [0.25, 0.3) is 0 Å². The zero-order chi connectivity index (χ0) is 52.5. The highest BCUT2D eigenvalue weighted by Crippen LogP contribution is 2.26. The predicted octanol–water partition coefficient (Wildman–Crippen LogP) is 14.8. The van der Waals surface area contributed by atoms with Crippen molar-refractivity contribution in [1.29, 1.82) is 0 Å². The number of hydrogen-bond donors (Lipinski definition) is 4. The molecular formula is C61H122N2O8. The lowest BCUT2D eigenvalue weighted by Gasteiger charge is -2.28. The van der Waals surface area contributed by atoms with Gasteiger partial charge in [-0.05, 0) is 43.9 Å². The molecule has 0 aromatic carbocycles. The van der Waals surface area contributed by atoms with Crippen LogP contribution < -0.4 is 0 Å². The van der Waals surface area contributed by atoms with Crippen LogP contribution in [0.1, 0.15) is 298 Å². The highest BCUT2D eigenvalue weighted by Gasteiger charge is 2.27. The summed E-state index contributed by atoms with van der Waals surface area (Å²) in [6, 6.07) is 0. The van der Waals surface area contributed by atoms with Crippen molar-refractivity contribution in [2.45, 2.75) is 323 Å². The van der Waals surface area contributed by atoms with Gasteiger partial charge in [-0.15, -0.1) is 0 Å². The first-order valence-corrected chi connectivity index (χ1v) is 30.8. The average molecular weight is 1010 g/mol. The van der Waals surface area contributed by atoms with Gasteiger partial charge < -0.3 is 29.9 Å². The molecule has 0 rings (SSSR count). The molecule has 0 saturated heterocycles. The van der Waals surface area contributed by atoms with E-state index < -0.39 is 29.8 Å². The van der Waals surface area contributed by atoms with Gasteiger partial charge in [0, 0.05) is 39.3 Å². The van der Waals surface area contributed by atoms with Crippen LogP contribution in [0.3, 0.4) is 0 Å². The van der Waals surface area contributed by atoms with E-state index in [9.17, 15) is 30.0 Å². The van der Waals surface area contributed by atoms with Gasteiger partial charge in [-0.25, -0.2) is 0 Å². The highest BCUT2D eigenvalue weighted by molar-refractivity contribution is 5.74. The number of rotatable bonds is 56. The summed E-state index contributed by atoms with van der Waals surface area (Å²) in [5.74, 6) is -0.684. The van der Waals surface area contributed by atoms with Crippen LogP contribution >= 0.6 is 0 Å². The number of esters is 2. The molecule has 10 heteroatoms. The third-order valence-electron chi connectivity index (χ3n) is 14.4. The summed E-state index contributed by atoms with van der Waals surface area (Å²) < 4.78 is 11.4. The lowest BCUT2D eigenvalue weighted by atomic mass is 9.86. The third-order valence-corrected chi connectivity index (χ3v) is 14.4. The Kier molecular flexibility index (Phi) is 49.9. The molecule has 0 amide bonds. The van der Waals surface area contributed by atoms with Crippen molar-refractivity contribution < 1.29 is 39.5 Å². The van der Waals surface area contributed by atoms with Crippen molar-refractivity contribution in [3.63, 3.8) is 0 Å². The number of aliphatic hydroxyl groups is 4. The fourth-order valence-electron chi connectivity index (χ4n) is 10.0. The second-order valence-electron chi connectivity index (χ2n) is 22.9. The van der Waals surface area contributed by atoms with Gasteiger partial charge in [0.1, 0.15) is 0 Å². The van der Waals surface area contributed by atoms with Crippen molar-refractivity contribution in [2.24, 2.45) is 5.41 Å². The number of carbonyl (C=O) groups excluding carboxylic acids is 2. The lowest BCUT2D eigenvalue weighted by molar-refractivity contribution is -0.150. The van der Waals surface area contributed by atoms with E-state index in [0.29, 0.717) is 52.1 Å². The normalized spacial score (nSPS) is 13.8. The first kappa shape index (κ1) is 69.7. The van der Waals surface area contributed by atoms with E-state index in [4.69, 9.17) is 9.47 Å². The first-order chi connectivity index (χ1) is 34.3. The van der Waals surface area contributed by atoms with Crippen LogP contribution in [0.5, 0.6) is 0 Å². The van der Waals surface area contributed by atoms with E-state index in [1.165, 1.54) is 154 Å². The molecule has 0 aromatic heterocycles. The number of nitrogens with zero attached hydrogens (tertiary/aromatic N) is 2. The predicted molar refractivity (Wildman–Crippen MR) is 300 cm³/mol. The van der Waals surface area contributed by atoms with Crippen molar-refractivity contribution >= 4 is 11.9 Å². The van der Waals surface area contributed by atoms with E-state index in [1.54, 1.807) is 0 Å². The number of hydrogen-bond acceptors (Lipinski definition) is 10. The largest absolute Gasteiger partial charge is 0.466 e. The topological polar surface area (TPSA) is 140 Å². The minimum absolute atomic E-state index is 0.0989. The Labute approximate surface area is 440 Å². The molecule has 0 heterocycles. The van der Waals surface area contributed by atoms with Gasteiger partial charge in [-0.2, -0.15) is 0 Å². The van der Waals surface area contributed by atoms with Crippen LogP contribution in [0.2, 0.25) is 0 Å². The fourth-order valence-corrected chi connectivity index (χ4v) is 10.0. The summed E-state index contributed by atoms with van der Waals surface area (Å²) in [6.07, 6.45) is 42.0. The highest BCUT2D eigenvalue weighted by atomic mass is 16.5. The van der Waals surface area contributed by atoms with Crippen molar-refractivity contribution in [2.75, 3.05) is 52.5 Å². The summed E-state index contributed by atoms with van der Waals surface area (Å²) in [5.41, 5.74) is -0.634. The summed E-state index contributed by atoms with van der Waals surface area (Å²) in [5, 5.41) is 44.0. The number of carbonyl (C=O) groups is 2. The third kappa shape index (κ3) is 49.3. The minimum atomic E-state index is -0.634. The maximum absolute atomic E-state index is 13.0. The molecule has 424 valence electrons. The number of ether oxygens (including phenoxy) is 2. The van der Waals surface area contributed by atoms with Crippen LogP contribution in [0, 0.1) is 5.41 Å². The van der Waals surface area contributed by atoms with Gasteiger partial charge >= 0.3 is 11.9 Å². The molecule has 71 heavy (non-hydrogen) atoms. The molecule has 4 atom stereocenters. The summed E-state index contributed by atoms with van der Waals surface area (Å²) >= 11 is 0. The summed E-state index contributed by atoms with van der Waals surface area (Å²) in [7, 11) is 0. The second-order valence-corrected chi connectivity index (χ2v) is 22.9. The number of unbranched alkanes of at least 4 members (excludes halogenated alkanes) is 28. The van der Waals surface area contributed by atoms with E-state index in [-0.39, 0.29) is 38.0 Å². The quantitative estimate of drug-likeness (QED) is 0.0344. The molecule has 4 unspecified atom stereocenters. The maximum Gasteiger partial charge on any atom is 0.306 e. The van der Waals surface area contributed by atoms with Gasteiger partial charge in [0.2, 0.25) is 0 Å². The smallest absolute Gasteiger partial charge is 0.306 e. The van der Waals surface area contributed by atoms with Crippen molar-refractivity contribution in [3.8, 4) is 0 Å². The Morgan fingerprint density at radius 2 is 0.563 bits per heavy atom. The molecule has 0 aliphatic carbocycles. The lowest BCUT2D eigenvalue weighted by Crippen LogP contribution is -2.39. The molecule has 0 bridgehead atoms. The average Bonchev–Trinajstić information content (AvgIpc) is 3.32. The monoisotopic (exact) mass is 1010 g/mol. The van der Waals surface area contributed by atoms with Gasteiger partial charge in [0.25, 0.3) is 0 Å². The second kappa shape index (κ2) is 50.8. The van der Waals surface area contributed by atoms with Crippen LogP contribution in [0.4, 0.5) is 0 Å². The Morgan fingerprint density at radius 1 is 0.352 bits per heavy atom. The van der Waals surface area contributed by atoms with Gasteiger partial charge in [0.15, 0.2) is 0 Å². The molecule has 0 aliphatic heterocycles.